The second-order valence-corrected chi connectivity index (χ2v) is 6.19. The van der Waals surface area contributed by atoms with Gasteiger partial charge in [0.05, 0.1) is 18.4 Å². The van der Waals surface area contributed by atoms with Gasteiger partial charge in [-0.25, -0.2) is 9.59 Å². The average molecular weight is 310 g/mol. The van der Waals surface area contributed by atoms with Crippen LogP contribution in [0, 0.1) is 0 Å². The van der Waals surface area contributed by atoms with Crippen molar-refractivity contribution in [2.24, 2.45) is 0 Å². The number of carboxylic acid groups (broad SMARTS) is 1. The number of amides is 2. The van der Waals surface area contributed by atoms with Crippen LogP contribution in [0.2, 0.25) is 0 Å². The predicted molar refractivity (Wildman–Crippen MR) is 82.5 cm³/mol. The second kappa shape index (κ2) is 6.26. The summed E-state index contributed by atoms with van der Waals surface area (Å²) in [6.45, 7) is 0.598. The third-order valence-corrected chi connectivity index (χ3v) is 4.93. The van der Waals surface area contributed by atoms with Crippen LogP contribution >= 0.6 is 11.8 Å². The molecule has 2 rings (SSSR count). The summed E-state index contributed by atoms with van der Waals surface area (Å²) in [4.78, 5) is 22.9. The van der Waals surface area contributed by atoms with Gasteiger partial charge in [-0.3, -0.25) is 0 Å². The number of thioether (sulfide) groups is 1. The number of carboxylic acids is 1. The summed E-state index contributed by atoms with van der Waals surface area (Å²) in [5.41, 5.74) is 0.428. The number of hydrogen-bond donors (Lipinski definition) is 3. The van der Waals surface area contributed by atoms with Crippen LogP contribution < -0.4 is 15.4 Å². The lowest BCUT2D eigenvalue weighted by molar-refractivity contribution is 0.0697. The average Bonchev–Trinajstić information content (AvgIpc) is 3.25. The molecule has 0 heterocycles. The summed E-state index contributed by atoms with van der Waals surface area (Å²) < 4.78 is 5.29. The third kappa shape index (κ3) is 3.81. The number of methoxy groups -OCH3 is 1. The Hall–Kier alpha value is -1.89. The monoisotopic (exact) mass is 310 g/mol. The van der Waals surface area contributed by atoms with E-state index in [1.807, 2.05) is 6.26 Å². The maximum absolute atomic E-state index is 11.9. The van der Waals surface area contributed by atoms with Crippen LogP contribution in [-0.4, -0.2) is 41.8 Å². The number of anilines is 1. The van der Waals surface area contributed by atoms with Gasteiger partial charge in [-0.2, -0.15) is 11.8 Å². The van der Waals surface area contributed by atoms with Crippen LogP contribution in [0.3, 0.4) is 0 Å². The van der Waals surface area contributed by atoms with Crippen molar-refractivity contribution >= 4 is 29.4 Å². The molecule has 0 saturated heterocycles. The topological polar surface area (TPSA) is 87.7 Å². The number of urea groups is 1. The van der Waals surface area contributed by atoms with Gasteiger partial charge in [-0.1, -0.05) is 0 Å². The van der Waals surface area contributed by atoms with Crippen molar-refractivity contribution in [2.45, 2.75) is 17.6 Å². The third-order valence-electron chi connectivity index (χ3n) is 3.51. The molecule has 7 heteroatoms. The minimum absolute atomic E-state index is 0.0916. The van der Waals surface area contributed by atoms with Gasteiger partial charge in [0.25, 0.3) is 0 Å². The summed E-state index contributed by atoms with van der Waals surface area (Å²) >= 11 is 1.76. The van der Waals surface area contributed by atoms with Crippen molar-refractivity contribution in [3.63, 3.8) is 0 Å². The second-order valence-electron chi connectivity index (χ2n) is 4.92. The van der Waals surface area contributed by atoms with E-state index in [-0.39, 0.29) is 16.3 Å². The zero-order valence-corrected chi connectivity index (χ0v) is 12.8. The number of nitrogens with one attached hydrogen (secondary N) is 2. The molecule has 0 spiro atoms. The molecular formula is C14H18N2O4S. The minimum atomic E-state index is -1.06. The van der Waals surface area contributed by atoms with Crippen molar-refractivity contribution in [1.82, 2.24) is 5.32 Å². The van der Waals surface area contributed by atoms with Crippen molar-refractivity contribution in [1.29, 1.82) is 0 Å². The van der Waals surface area contributed by atoms with Gasteiger partial charge >= 0.3 is 12.0 Å². The summed E-state index contributed by atoms with van der Waals surface area (Å²) in [6.07, 6.45) is 4.24. The molecule has 0 aliphatic heterocycles. The molecule has 0 aromatic heterocycles. The Bertz CT molecular complexity index is 558. The van der Waals surface area contributed by atoms with E-state index in [1.165, 1.54) is 25.3 Å². The van der Waals surface area contributed by atoms with Crippen LogP contribution in [0.15, 0.2) is 18.2 Å². The fourth-order valence-corrected chi connectivity index (χ4v) is 2.67. The van der Waals surface area contributed by atoms with Crippen LogP contribution in [-0.2, 0) is 0 Å². The smallest absolute Gasteiger partial charge is 0.335 e. The molecule has 1 saturated carbocycles. The molecule has 6 nitrogen and oxygen atoms in total. The molecule has 114 valence electrons. The van der Waals surface area contributed by atoms with Gasteiger partial charge in [0.15, 0.2) is 0 Å². The van der Waals surface area contributed by atoms with Crippen molar-refractivity contribution in [2.75, 3.05) is 25.2 Å². The maximum Gasteiger partial charge on any atom is 0.335 e. The van der Waals surface area contributed by atoms with Gasteiger partial charge in [0, 0.05) is 11.3 Å². The van der Waals surface area contributed by atoms with Crippen molar-refractivity contribution < 1.29 is 19.4 Å². The Kier molecular flexibility index (Phi) is 4.62. The highest BCUT2D eigenvalue weighted by Crippen LogP contribution is 2.46. The van der Waals surface area contributed by atoms with Crippen molar-refractivity contribution in [3.8, 4) is 5.75 Å². The lowest BCUT2D eigenvalue weighted by atomic mass is 10.2. The van der Waals surface area contributed by atoms with Gasteiger partial charge in [0.1, 0.15) is 5.75 Å². The molecule has 0 bridgehead atoms. The van der Waals surface area contributed by atoms with E-state index >= 15 is 0 Å². The van der Waals surface area contributed by atoms with Crippen LogP contribution in [0.5, 0.6) is 5.75 Å². The number of carbonyl (C=O) groups excluding carboxylic acids is 1. The molecule has 1 aliphatic rings. The number of aromatic carboxylic acids is 1. The molecule has 0 unspecified atom stereocenters. The first kappa shape index (κ1) is 15.5. The Labute approximate surface area is 127 Å². The highest BCUT2D eigenvalue weighted by molar-refractivity contribution is 8.00. The van der Waals surface area contributed by atoms with Crippen LogP contribution in [0.4, 0.5) is 10.5 Å². The first-order valence-electron chi connectivity index (χ1n) is 6.51. The SMILES string of the molecule is COc1ccc(C(=O)O)cc1NC(=O)NCC1(SC)CC1. The zero-order chi connectivity index (χ0) is 15.5. The van der Waals surface area contributed by atoms with Gasteiger partial charge < -0.3 is 20.5 Å². The number of carbonyl (C=O) groups is 2. The van der Waals surface area contributed by atoms with E-state index in [9.17, 15) is 9.59 Å². The van der Waals surface area contributed by atoms with Gasteiger partial charge in [-0.05, 0) is 37.3 Å². The number of ether oxygens (including phenoxy) is 1. The van der Waals surface area contributed by atoms with E-state index in [0.717, 1.165) is 12.8 Å². The lowest BCUT2D eigenvalue weighted by Gasteiger charge is -2.15. The Morgan fingerprint density at radius 3 is 2.67 bits per heavy atom. The van der Waals surface area contributed by atoms with Crippen LogP contribution in [0.1, 0.15) is 23.2 Å². The normalized spacial score (nSPS) is 15.1. The van der Waals surface area contributed by atoms with E-state index in [4.69, 9.17) is 9.84 Å². The van der Waals surface area contributed by atoms with Crippen LogP contribution in [0.25, 0.3) is 0 Å². The molecule has 1 aliphatic carbocycles. The highest BCUT2D eigenvalue weighted by atomic mass is 32.2. The van der Waals surface area contributed by atoms with Gasteiger partial charge in [-0.15, -0.1) is 0 Å². The largest absolute Gasteiger partial charge is 0.495 e. The summed E-state index contributed by atoms with van der Waals surface area (Å²) in [5, 5.41) is 14.4. The Morgan fingerprint density at radius 2 is 2.14 bits per heavy atom. The fourth-order valence-electron chi connectivity index (χ4n) is 1.94. The summed E-state index contributed by atoms with van der Waals surface area (Å²) in [5.74, 6) is -0.637. The number of hydrogen-bond acceptors (Lipinski definition) is 4. The molecule has 21 heavy (non-hydrogen) atoms. The lowest BCUT2D eigenvalue weighted by Crippen LogP contribution is -2.35. The molecular weight excluding hydrogens is 292 g/mol. The molecule has 1 fully saturated rings. The number of benzene rings is 1. The minimum Gasteiger partial charge on any atom is -0.495 e. The summed E-state index contributed by atoms with van der Waals surface area (Å²) in [6, 6.07) is 3.96. The Balaban J connectivity index is 2.01. The highest BCUT2D eigenvalue weighted by Gasteiger charge is 2.41. The molecule has 1 aromatic carbocycles. The summed E-state index contributed by atoms with van der Waals surface area (Å²) in [7, 11) is 1.46. The van der Waals surface area contributed by atoms with E-state index in [2.05, 4.69) is 10.6 Å². The first-order valence-corrected chi connectivity index (χ1v) is 7.73. The van der Waals surface area contributed by atoms with E-state index in [1.54, 1.807) is 11.8 Å². The number of rotatable bonds is 6. The molecule has 1 aromatic rings. The Morgan fingerprint density at radius 1 is 1.43 bits per heavy atom. The van der Waals surface area contributed by atoms with E-state index in [0.29, 0.717) is 18.0 Å². The van der Waals surface area contributed by atoms with Crippen molar-refractivity contribution in [3.05, 3.63) is 23.8 Å². The molecule has 0 radical (unpaired) electrons. The predicted octanol–water partition coefficient (Wildman–Crippen LogP) is 2.41. The molecule has 2 amide bonds. The molecule has 3 N–H and O–H groups in total. The quantitative estimate of drug-likeness (QED) is 0.751. The first-order chi connectivity index (χ1) is 9.99. The standard InChI is InChI=1S/C14H18N2O4S/c1-20-11-4-3-9(12(17)18)7-10(11)16-13(19)15-8-14(21-2)5-6-14/h3-4,7H,5-6,8H2,1-2H3,(H,17,18)(H2,15,16,19). The fraction of sp³-hybridized carbons (Fsp3) is 0.429. The van der Waals surface area contributed by atoms with Gasteiger partial charge in [0.2, 0.25) is 0 Å². The zero-order valence-electron chi connectivity index (χ0n) is 11.9. The maximum atomic E-state index is 11.9. The van der Waals surface area contributed by atoms with E-state index < -0.39 is 5.97 Å². The molecule has 0 atom stereocenters.